The Morgan fingerprint density at radius 3 is 2.71 bits per heavy atom. The number of aliphatic hydroxyl groups excluding tert-OH is 1. The monoisotopic (exact) mass is 526 g/mol. The summed E-state index contributed by atoms with van der Waals surface area (Å²) in [4.78, 5) is 24.8. The van der Waals surface area contributed by atoms with Gasteiger partial charge in [0, 0.05) is 24.4 Å². The number of amides is 1. The molecule has 2 aliphatic rings. The molecule has 9 heteroatoms. The molecule has 0 radical (unpaired) electrons. The summed E-state index contributed by atoms with van der Waals surface area (Å²) >= 11 is 0. The van der Waals surface area contributed by atoms with E-state index in [1.54, 1.807) is 12.1 Å². The largest absolute Gasteiger partial charge is 0.490 e. The van der Waals surface area contributed by atoms with Crippen LogP contribution in [0.5, 0.6) is 23.0 Å². The molecule has 2 aliphatic heterocycles. The lowest BCUT2D eigenvalue weighted by atomic mass is 9.99. The van der Waals surface area contributed by atoms with Crippen molar-refractivity contribution in [2.45, 2.75) is 65.1 Å². The quantitative estimate of drug-likeness (QED) is 0.320. The first-order valence-electron chi connectivity index (χ1n) is 13.4. The maximum absolute atomic E-state index is 12.7. The van der Waals surface area contributed by atoms with Crippen LogP contribution in [-0.4, -0.2) is 55.5 Å². The summed E-state index contributed by atoms with van der Waals surface area (Å²) in [6.45, 7) is 7.16. The molecule has 0 aromatic heterocycles. The van der Waals surface area contributed by atoms with Crippen molar-refractivity contribution < 1.29 is 33.6 Å². The lowest BCUT2D eigenvalue weighted by Crippen LogP contribution is -2.33. The fraction of sp³-hybridized carbons (Fsp3) is 0.517. The van der Waals surface area contributed by atoms with E-state index < -0.39 is 12.2 Å². The third-order valence-electron chi connectivity index (χ3n) is 6.64. The Morgan fingerprint density at radius 2 is 1.92 bits per heavy atom. The zero-order valence-electron chi connectivity index (χ0n) is 22.4. The average molecular weight is 527 g/mol. The van der Waals surface area contributed by atoms with Crippen molar-refractivity contribution in [3.8, 4) is 23.0 Å². The molecular formula is C29H38N2O7. The number of rotatable bonds is 14. The van der Waals surface area contributed by atoms with Crippen LogP contribution in [0.3, 0.4) is 0 Å². The van der Waals surface area contributed by atoms with E-state index in [0.29, 0.717) is 49.5 Å². The summed E-state index contributed by atoms with van der Waals surface area (Å²) in [6.07, 6.45) is 1.74. The molecule has 38 heavy (non-hydrogen) atoms. The van der Waals surface area contributed by atoms with Gasteiger partial charge in [0.2, 0.25) is 12.7 Å². The van der Waals surface area contributed by atoms with Crippen molar-refractivity contribution >= 4 is 17.4 Å². The zero-order valence-corrected chi connectivity index (χ0v) is 22.4. The van der Waals surface area contributed by atoms with Gasteiger partial charge in [0.05, 0.1) is 5.69 Å². The fourth-order valence-electron chi connectivity index (χ4n) is 4.56. The molecule has 2 aromatic carbocycles. The third kappa shape index (κ3) is 6.96. The van der Waals surface area contributed by atoms with Crippen molar-refractivity contribution in [1.29, 1.82) is 0 Å². The number of benzene rings is 2. The lowest BCUT2D eigenvalue weighted by molar-refractivity contribution is -0.129. The highest BCUT2D eigenvalue weighted by molar-refractivity contribution is 5.96. The lowest BCUT2D eigenvalue weighted by Gasteiger charge is -2.26. The van der Waals surface area contributed by atoms with Crippen LogP contribution < -0.4 is 29.6 Å². The highest BCUT2D eigenvalue weighted by atomic mass is 16.7. The van der Waals surface area contributed by atoms with Crippen LogP contribution in [0, 0.1) is 5.92 Å². The molecule has 2 aromatic rings. The standard InChI is InChI=1S/C29H38N2O7/c1-4-5-25(29(34)18(2)3)38-24-10-9-22(21-7-11-27(33)31-28(21)24)35-16-20(32)15-30-13-12-19-6-8-23-26(14-19)37-17-36-23/h6,8-10,14,18,20,25,30,32H,4-5,7,11-13,15-17H2,1-3H3,(H,31,33). The van der Waals surface area contributed by atoms with Gasteiger partial charge in [0.1, 0.15) is 24.2 Å². The minimum absolute atomic E-state index is 0.0391. The highest BCUT2D eigenvalue weighted by Gasteiger charge is 2.27. The summed E-state index contributed by atoms with van der Waals surface area (Å²) in [6, 6.07) is 9.40. The van der Waals surface area contributed by atoms with Crippen molar-refractivity contribution in [3.63, 3.8) is 0 Å². The Kier molecular flexibility index (Phi) is 9.47. The number of hydrogen-bond acceptors (Lipinski definition) is 8. The van der Waals surface area contributed by atoms with Crippen LogP contribution in [0.25, 0.3) is 0 Å². The van der Waals surface area contributed by atoms with Gasteiger partial charge in [-0.05, 0) is 55.6 Å². The molecule has 206 valence electrons. The second-order valence-electron chi connectivity index (χ2n) is 10.0. The first kappa shape index (κ1) is 27.7. The summed E-state index contributed by atoms with van der Waals surface area (Å²) in [5.74, 6) is 2.38. The van der Waals surface area contributed by atoms with Crippen LogP contribution in [0.1, 0.15) is 51.2 Å². The minimum Gasteiger partial charge on any atom is -0.490 e. The number of fused-ring (bicyclic) bond motifs is 2. The van der Waals surface area contributed by atoms with Crippen molar-refractivity contribution in [2.75, 3.05) is 31.8 Å². The molecule has 0 saturated heterocycles. The number of ketones is 1. The Labute approximate surface area is 223 Å². The Morgan fingerprint density at radius 1 is 1.13 bits per heavy atom. The van der Waals surface area contributed by atoms with E-state index in [2.05, 4.69) is 10.6 Å². The van der Waals surface area contributed by atoms with Crippen LogP contribution in [-0.2, 0) is 22.4 Å². The number of anilines is 1. The Balaban J connectivity index is 1.32. The number of hydrogen-bond donors (Lipinski definition) is 3. The predicted molar refractivity (Wildman–Crippen MR) is 143 cm³/mol. The van der Waals surface area contributed by atoms with Crippen LogP contribution in [0.15, 0.2) is 30.3 Å². The van der Waals surface area contributed by atoms with Gasteiger partial charge in [-0.3, -0.25) is 9.59 Å². The molecule has 2 unspecified atom stereocenters. The van der Waals surface area contributed by atoms with Crippen molar-refractivity contribution in [1.82, 2.24) is 5.32 Å². The van der Waals surface area contributed by atoms with Crippen LogP contribution >= 0.6 is 0 Å². The van der Waals surface area contributed by atoms with Gasteiger partial charge < -0.3 is 34.7 Å². The molecule has 3 N–H and O–H groups in total. The van der Waals surface area contributed by atoms with E-state index in [4.69, 9.17) is 18.9 Å². The normalized spacial score (nSPS) is 15.6. The molecule has 2 atom stereocenters. The molecule has 4 rings (SSSR count). The van der Waals surface area contributed by atoms with Gasteiger partial charge >= 0.3 is 0 Å². The van der Waals surface area contributed by atoms with E-state index in [1.165, 1.54) is 0 Å². The van der Waals surface area contributed by atoms with E-state index in [1.807, 2.05) is 39.0 Å². The Bertz CT molecular complexity index is 1130. The second-order valence-corrected chi connectivity index (χ2v) is 10.0. The second kappa shape index (κ2) is 13.0. The summed E-state index contributed by atoms with van der Waals surface area (Å²) in [7, 11) is 0. The molecule has 9 nitrogen and oxygen atoms in total. The number of carbonyl (C=O) groups excluding carboxylic acids is 2. The first-order chi connectivity index (χ1) is 18.4. The van der Waals surface area contributed by atoms with Crippen molar-refractivity contribution in [3.05, 3.63) is 41.5 Å². The summed E-state index contributed by atoms with van der Waals surface area (Å²) < 4.78 is 22.9. The number of ether oxygens (including phenoxy) is 4. The van der Waals surface area contributed by atoms with Crippen LogP contribution in [0.4, 0.5) is 5.69 Å². The topological polar surface area (TPSA) is 115 Å². The van der Waals surface area contributed by atoms with E-state index in [9.17, 15) is 14.7 Å². The third-order valence-corrected chi connectivity index (χ3v) is 6.64. The molecule has 0 saturated carbocycles. The van der Waals surface area contributed by atoms with Gasteiger partial charge in [0.25, 0.3) is 0 Å². The molecule has 0 bridgehead atoms. The number of aliphatic hydroxyl groups is 1. The van der Waals surface area contributed by atoms with Gasteiger partial charge in [-0.25, -0.2) is 0 Å². The maximum atomic E-state index is 12.7. The van der Waals surface area contributed by atoms with Crippen molar-refractivity contribution in [2.24, 2.45) is 5.92 Å². The van der Waals surface area contributed by atoms with E-state index in [0.717, 1.165) is 35.5 Å². The van der Waals surface area contributed by atoms with Gasteiger partial charge in [-0.1, -0.05) is 33.3 Å². The molecule has 0 spiro atoms. The molecular weight excluding hydrogens is 488 g/mol. The fourth-order valence-corrected chi connectivity index (χ4v) is 4.56. The number of nitrogens with one attached hydrogen (secondary N) is 2. The SMILES string of the molecule is CCCC(Oc1ccc(OCC(O)CNCCc2ccc3c(c2)OCO3)c2c1NC(=O)CC2)C(=O)C(C)C. The Hall–Kier alpha value is -3.30. The predicted octanol–water partition coefficient (Wildman–Crippen LogP) is 3.64. The van der Waals surface area contributed by atoms with Crippen LogP contribution in [0.2, 0.25) is 0 Å². The highest BCUT2D eigenvalue weighted by Crippen LogP contribution is 2.40. The molecule has 2 heterocycles. The summed E-state index contributed by atoms with van der Waals surface area (Å²) in [5, 5.41) is 16.6. The smallest absolute Gasteiger partial charge is 0.231 e. The number of carbonyl (C=O) groups is 2. The van der Waals surface area contributed by atoms with E-state index in [-0.39, 0.29) is 31.0 Å². The summed E-state index contributed by atoms with van der Waals surface area (Å²) in [5.41, 5.74) is 2.49. The van der Waals surface area contributed by atoms with Gasteiger partial charge in [0.15, 0.2) is 23.4 Å². The van der Waals surface area contributed by atoms with Gasteiger partial charge in [-0.2, -0.15) is 0 Å². The van der Waals surface area contributed by atoms with Gasteiger partial charge in [-0.15, -0.1) is 0 Å². The number of Topliss-reactive ketones (excluding diaryl/α,β-unsaturated/α-hetero) is 1. The minimum atomic E-state index is -0.714. The molecule has 0 aliphatic carbocycles. The van der Waals surface area contributed by atoms with E-state index >= 15 is 0 Å². The maximum Gasteiger partial charge on any atom is 0.231 e. The molecule has 1 amide bonds. The first-order valence-corrected chi connectivity index (χ1v) is 13.4. The zero-order chi connectivity index (χ0) is 27.1. The molecule has 0 fully saturated rings. The average Bonchev–Trinajstić information content (AvgIpc) is 3.38.